The molecule has 8 nitrogen and oxygen atoms in total. The number of aromatic hydroxyl groups is 1. The molecule has 0 aliphatic carbocycles. The largest absolute Gasteiger partial charge is 0.507 e. The van der Waals surface area contributed by atoms with Gasteiger partial charge in [0.05, 0.1) is 10.5 Å². The number of hydrogen-bond donors (Lipinski definition) is 2. The number of aryl methyl sites for hydroxylation is 1. The summed E-state index contributed by atoms with van der Waals surface area (Å²) in [6.45, 7) is 3.14. The number of carbonyl (C=O) groups excluding carboxylic acids is 2. The van der Waals surface area contributed by atoms with Crippen LogP contribution in [0.3, 0.4) is 0 Å². The SMILES string of the molecule is Cc1ccc(NS(=O)(=O)c2cccc(C(=O)N3CCN(C(=O)c4ccccc4O)CC3)c2)cc1. The van der Waals surface area contributed by atoms with E-state index >= 15 is 0 Å². The molecular formula is C25H25N3O5S. The number of phenols is 1. The van der Waals surface area contributed by atoms with E-state index in [9.17, 15) is 23.1 Å². The van der Waals surface area contributed by atoms with Crippen molar-refractivity contribution < 1.29 is 23.1 Å². The van der Waals surface area contributed by atoms with Crippen LogP contribution in [0.25, 0.3) is 0 Å². The van der Waals surface area contributed by atoms with Gasteiger partial charge in [-0.2, -0.15) is 0 Å². The number of carbonyl (C=O) groups is 2. The fraction of sp³-hybridized carbons (Fsp3) is 0.200. The molecule has 0 spiro atoms. The predicted molar refractivity (Wildman–Crippen MR) is 128 cm³/mol. The lowest BCUT2D eigenvalue weighted by Crippen LogP contribution is -2.50. The fourth-order valence-corrected chi connectivity index (χ4v) is 4.86. The van der Waals surface area contributed by atoms with Gasteiger partial charge in [-0.05, 0) is 49.4 Å². The number of rotatable bonds is 5. The molecule has 1 fully saturated rings. The minimum atomic E-state index is -3.86. The van der Waals surface area contributed by atoms with Crippen molar-refractivity contribution in [1.29, 1.82) is 0 Å². The third kappa shape index (κ3) is 5.04. The molecule has 34 heavy (non-hydrogen) atoms. The Morgan fingerprint density at radius 3 is 2.09 bits per heavy atom. The lowest BCUT2D eigenvalue weighted by Gasteiger charge is -2.35. The van der Waals surface area contributed by atoms with Crippen molar-refractivity contribution in [3.05, 3.63) is 89.5 Å². The Morgan fingerprint density at radius 2 is 1.44 bits per heavy atom. The molecule has 3 aromatic rings. The van der Waals surface area contributed by atoms with E-state index in [2.05, 4.69) is 4.72 Å². The van der Waals surface area contributed by atoms with Gasteiger partial charge in [-0.3, -0.25) is 14.3 Å². The summed E-state index contributed by atoms with van der Waals surface area (Å²) >= 11 is 0. The lowest BCUT2D eigenvalue weighted by molar-refractivity contribution is 0.0533. The Labute approximate surface area is 198 Å². The Morgan fingerprint density at radius 1 is 0.824 bits per heavy atom. The number of nitrogens with zero attached hydrogens (tertiary/aromatic N) is 2. The van der Waals surface area contributed by atoms with Gasteiger partial charge in [0.2, 0.25) is 0 Å². The van der Waals surface area contributed by atoms with Gasteiger partial charge in [-0.15, -0.1) is 0 Å². The van der Waals surface area contributed by atoms with Crippen molar-refractivity contribution in [2.24, 2.45) is 0 Å². The molecule has 3 aromatic carbocycles. The molecule has 0 radical (unpaired) electrons. The maximum atomic E-state index is 13.0. The van der Waals surface area contributed by atoms with Gasteiger partial charge in [0.1, 0.15) is 5.75 Å². The molecule has 0 bridgehead atoms. The second-order valence-corrected chi connectivity index (χ2v) is 9.78. The molecule has 1 aliphatic heterocycles. The van der Waals surface area contributed by atoms with Crippen LogP contribution in [-0.4, -0.2) is 61.3 Å². The summed E-state index contributed by atoms with van der Waals surface area (Å²) in [5.41, 5.74) is 1.93. The average molecular weight is 480 g/mol. The van der Waals surface area contributed by atoms with E-state index in [4.69, 9.17) is 0 Å². The smallest absolute Gasteiger partial charge is 0.261 e. The van der Waals surface area contributed by atoms with E-state index in [-0.39, 0.29) is 33.6 Å². The number of nitrogens with one attached hydrogen (secondary N) is 1. The summed E-state index contributed by atoms with van der Waals surface area (Å²) in [6, 6.07) is 19.2. The highest BCUT2D eigenvalue weighted by molar-refractivity contribution is 7.92. The van der Waals surface area contributed by atoms with Crippen LogP contribution in [0.5, 0.6) is 5.75 Å². The van der Waals surface area contributed by atoms with Gasteiger partial charge < -0.3 is 14.9 Å². The first-order chi connectivity index (χ1) is 16.2. The van der Waals surface area contributed by atoms with Crippen LogP contribution in [0.1, 0.15) is 26.3 Å². The van der Waals surface area contributed by atoms with Crippen molar-refractivity contribution in [3.63, 3.8) is 0 Å². The van der Waals surface area contributed by atoms with E-state index in [1.165, 1.54) is 24.3 Å². The third-order valence-corrected chi connectivity index (χ3v) is 7.06. The zero-order chi connectivity index (χ0) is 24.3. The Kier molecular flexibility index (Phi) is 6.56. The Balaban J connectivity index is 1.43. The standard InChI is InChI=1S/C25H25N3O5S/c1-18-9-11-20(12-10-18)26-34(32,33)21-6-4-5-19(17-21)24(30)27-13-15-28(16-14-27)25(31)22-7-2-3-8-23(22)29/h2-12,17,26,29H,13-16H2,1H3. The van der Waals surface area contributed by atoms with Crippen LogP contribution in [0.4, 0.5) is 5.69 Å². The molecule has 0 atom stereocenters. The maximum absolute atomic E-state index is 13.0. The normalized spacial score (nSPS) is 14.0. The van der Waals surface area contributed by atoms with Crippen LogP contribution < -0.4 is 4.72 Å². The summed E-state index contributed by atoms with van der Waals surface area (Å²) < 4.78 is 28.2. The van der Waals surface area contributed by atoms with E-state index in [0.717, 1.165) is 5.56 Å². The van der Waals surface area contributed by atoms with Gasteiger partial charge >= 0.3 is 0 Å². The van der Waals surface area contributed by atoms with Crippen molar-refractivity contribution in [2.75, 3.05) is 30.9 Å². The zero-order valence-electron chi connectivity index (χ0n) is 18.6. The average Bonchev–Trinajstić information content (AvgIpc) is 2.85. The second-order valence-electron chi connectivity index (χ2n) is 8.10. The molecule has 1 heterocycles. The highest BCUT2D eigenvalue weighted by Gasteiger charge is 2.27. The summed E-state index contributed by atoms with van der Waals surface area (Å²) in [5, 5.41) is 9.93. The number of para-hydroxylation sites is 1. The number of anilines is 1. The number of phenolic OH excluding ortho intramolecular Hbond substituents is 1. The van der Waals surface area contributed by atoms with Crippen LogP contribution in [0.2, 0.25) is 0 Å². The van der Waals surface area contributed by atoms with Crippen molar-refractivity contribution in [2.45, 2.75) is 11.8 Å². The molecule has 1 aliphatic rings. The molecule has 4 rings (SSSR count). The molecule has 0 aromatic heterocycles. The highest BCUT2D eigenvalue weighted by Crippen LogP contribution is 2.21. The molecule has 0 saturated carbocycles. The van der Waals surface area contributed by atoms with Crippen LogP contribution in [-0.2, 0) is 10.0 Å². The number of amides is 2. The second kappa shape index (κ2) is 9.56. The number of hydrogen-bond acceptors (Lipinski definition) is 5. The lowest BCUT2D eigenvalue weighted by atomic mass is 10.1. The predicted octanol–water partition coefficient (Wildman–Crippen LogP) is 3.10. The van der Waals surface area contributed by atoms with E-state index in [0.29, 0.717) is 31.9 Å². The van der Waals surface area contributed by atoms with Gasteiger partial charge in [0.15, 0.2) is 0 Å². The van der Waals surface area contributed by atoms with E-state index in [1.807, 2.05) is 6.92 Å². The monoisotopic (exact) mass is 479 g/mol. The molecule has 176 valence electrons. The quantitative estimate of drug-likeness (QED) is 0.585. The van der Waals surface area contributed by atoms with E-state index < -0.39 is 10.0 Å². The fourth-order valence-electron chi connectivity index (χ4n) is 3.75. The minimum absolute atomic E-state index is 0.00714. The molecular weight excluding hydrogens is 454 g/mol. The molecule has 9 heteroatoms. The third-order valence-electron chi connectivity index (χ3n) is 5.68. The number of piperazine rings is 1. The van der Waals surface area contributed by atoms with Crippen LogP contribution >= 0.6 is 0 Å². The number of benzene rings is 3. The molecule has 2 amide bonds. The summed E-state index contributed by atoms with van der Waals surface area (Å²) in [7, 11) is -3.86. The molecule has 0 unspecified atom stereocenters. The molecule has 1 saturated heterocycles. The van der Waals surface area contributed by atoms with E-state index in [1.54, 1.807) is 58.3 Å². The van der Waals surface area contributed by atoms with Gasteiger partial charge in [-0.1, -0.05) is 35.9 Å². The Hall–Kier alpha value is -3.85. The van der Waals surface area contributed by atoms with Crippen molar-refractivity contribution >= 4 is 27.5 Å². The van der Waals surface area contributed by atoms with Gasteiger partial charge in [0.25, 0.3) is 21.8 Å². The zero-order valence-corrected chi connectivity index (χ0v) is 19.5. The highest BCUT2D eigenvalue weighted by atomic mass is 32.2. The van der Waals surface area contributed by atoms with Crippen molar-refractivity contribution in [1.82, 2.24) is 9.80 Å². The first-order valence-electron chi connectivity index (χ1n) is 10.8. The van der Waals surface area contributed by atoms with Crippen LogP contribution in [0.15, 0.2) is 77.7 Å². The van der Waals surface area contributed by atoms with Crippen molar-refractivity contribution in [3.8, 4) is 5.75 Å². The Bertz CT molecular complexity index is 1310. The van der Waals surface area contributed by atoms with Gasteiger partial charge in [0, 0.05) is 37.4 Å². The summed E-state index contributed by atoms with van der Waals surface area (Å²) in [4.78, 5) is 28.9. The van der Waals surface area contributed by atoms with Gasteiger partial charge in [-0.25, -0.2) is 8.42 Å². The topological polar surface area (TPSA) is 107 Å². The molecule has 2 N–H and O–H groups in total. The number of sulfonamides is 1. The minimum Gasteiger partial charge on any atom is -0.507 e. The summed E-state index contributed by atoms with van der Waals surface area (Å²) in [6.07, 6.45) is 0. The summed E-state index contributed by atoms with van der Waals surface area (Å²) in [5.74, 6) is -0.675. The maximum Gasteiger partial charge on any atom is 0.261 e. The first kappa shape index (κ1) is 23.3. The first-order valence-corrected chi connectivity index (χ1v) is 12.3. The van der Waals surface area contributed by atoms with Crippen LogP contribution in [0, 0.1) is 6.92 Å².